The smallest absolute Gasteiger partial charge is 0.407 e. The van der Waals surface area contributed by atoms with Crippen LogP contribution in [-0.4, -0.2) is 21.8 Å². The first kappa shape index (κ1) is 15.9. The van der Waals surface area contributed by atoms with Gasteiger partial charge in [-0.15, -0.1) is 0 Å². The summed E-state index contributed by atoms with van der Waals surface area (Å²) >= 11 is 0. The van der Waals surface area contributed by atoms with Crippen molar-refractivity contribution in [1.82, 2.24) is 14.5 Å². The molecule has 1 aromatic heterocycles. The van der Waals surface area contributed by atoms with E-state index in [-0.39, 0.29) is 12.3 Å². The molecule has 0 fully saturated rings. The molecule has 0 radical (unpaired) electrons. The number of rotatable bonds is 5. The van der Waals surface area contributed by atoms with E-state index in [1.165, 1.54) is 0 Å². The van der Waals surface area contributed by atoms with Gasteiger partial charge in [-0.3, -0.25) is 9.13 Å². The Hall–Kier alpha value is -3.02. The van der Waals surface area contributed by atoms with E-state index in [0.717, 1.165) is 16.6 Å². The number of imidazole rings is 1. The van der Waals surface area contributed by atoms with Crippen molar-refractivity contribution in [3.8, 4) is 0 Å². The molecule has 3 aromatic rings. The van der Waals surface area contributed by atoms with Gasteiger partial charge in [-0.25, -0.2) is 9.59 Å². The van der Waals surface area contributed by atoms with Crippen LogP contribution in [0.5, 0.6) is 0 Å². The second-order valence-corrected chi connectivity index (χ2v) is 5.47. The van der Waals surface area contributed by atoms with Crippen molar-refractivity contribution in [3.63, 3.8) is 0 Å². The van der Waals surface area contributed by atoms with Gasteiger partial charge in [0.1, 0.15) is 6.61 Å². The van der Waals surface area contributed by atoms with E-state index in [9.17, 15) is 9.59 Å². The predicted molar refractivity (Wildman–Crippen MR) is 91.8 cm³/mol. The number of carbonyl (C=O) groups excluding carboxylic acids is 1. The normalized spacial score (nSPS) is 10.7. The molecule has 0 aliphatic carbocycles. The third-order valence-corrected chi connectivity index (χ3v) is 3.87. The summed E-state index contributed by atoms with van der Waals surface area (Å²) in [6.07, 6.45) is -0.493. The molecule has 0 aliphatic heterocycles. The van der Waals surface area contributed by atoms with Gasteiger partial charge in [-0.05, 0) is 17.7 Å². The van der Waals surface area contributed by atoms with Crippen LogP contribution in [0, 0.1) is 0 Å². The molecular weight excluding hydrogens is 306 g/mol. The lowest BCUT2D eigenvalue weighted by Crippen LogP contribution is -2.31. The first-order chi connectivity index (χ1) is 11.7. The molecule has 1 heterocycles. The highest BCUT2D eigenvalue weighted by atomic mass is 16.5. The third-order valence-electron chi connectivity index (χ3n) is 3.87. The van der Waals surface area contributed by atoms with E-state index in [0.29, 0.717) is 13.1 Å². The number of benzene rings is 2. The van der Waals surface area contributed by atoms with E-state index >= 15 is 0 Å². The Kier molecular flexibility index (Phi) is 4.65. The molecule has 6 nitrogen and oxygen atoms in total. The molecule has 0 atom stereocenters. The summed E-state index contributed by atoms with van der Waals surface area (Å²) in [5, 5.41) is 2.67. The van der Waals surface area contributed by atoms with E-state index < -0.39 is 6.09 Å². The van der Waals surface area contributed by atoms with Gasteiger partial charge < -0.3 is 10.1 Å². The molecule has 1 N–H and O–H groups in total. The average molecular weight is 325 g/mol. The topological polar surface area (TPSA) is 65.3 Å². The SMILES string of the molecule is Cn1c(=O)n(CCNC(=O)OCc2ccccc2)c2ccccc21. The van der Waals surface area contributed by atoms with Crippen LogP contribution in [0.3, 0.4) is 0 Å². The Morgan fingerprint density at radius 2 is 1.71 bits per heavy atom. The molecule has 1 amide bonds. The van der Waals surface area contributed by atoms with Gasteiger partial charge in [0, 0.05) is 20.1 Å². The molecule has 0 saturated heterocycles. The lowest BCUT2D eigenvalue weighted by Gasteiger charge is -2.07. The summed E-state index contributed by atoms with van der Waals surface area (Å²) in [4.78, 5) is 24.0. The molecule has 124 valence electrons. The summed E-state index contributed by atoms with van der Waals surface area (Å²) in [5.41, 5.74) is 2.55. The number of amides is 1. The van der Waals surface area contributed by atoms with Crippen molar-refractivity contribution in [2.45, 2.75) is 13.2 Å². The van der Waals surface area contributed by atoms with Gasteiger partial charge in [0.05, 0.1) is 11.0 Å². The molecule has 2 aromatic carbocycles. The number of nitrogens with one attached hydrogen (secondary N) is 1. The van der Waals surface area contributed by atoms with Crippen molar-refractivity contribution in [2.75, 3.05) is 6.54 Å². The molecule has 24 heavy (non-hydrogen) atoms. The van der Waals surface area contributed by atoms with Gasteiger partial charge in [0.25, 0.3) is 0 Å². The van der Waals surface area contributed by atoms with Gasteiger partial charge in [-0.2, -0.15) is 0 Å². The van der Waals surface area contributed by atoms with Crippen molar-refractivity contribution < 1.29 is 9.53 Å². The fraction of sp³-hybridized carbons (Fsp3) is 0.222. The Morgan fingerprint density at radius 1 is 1.04 bits per heavy atom. The van der Waals surface area contributed by atoms with Crippen LogP contribution in [0.25, 0.3) is 11.0 Å². The zero-order valence-electron chi connectivity index (χ0n) is 13.4. The van der Waals surface area contributed by atoms with Crippen LogP contribution >= 0.6 is 0 Å². The second kappa shape index (κ2) is 7.04. The average Bonchev–Trinajstić information content (AvgIpc) is 2.86. The zero-order chi connectivity index (χ0) is 16.9. The number of para-hydroxylation sites is 2. The van der Waals surface area contributed by atoms with Crippen LogP contribution in [0.15, 0.2) is 59.4 Å². The summed E-state index contributed by atoms with van der Waals surface area (Å²) in [6.45, 7) is 0.934. The Bertz CT molecular complexity index is 897. The second-order valence-electron chi connectivity index (χ2n) is 5.47. The minimum atomic E-state index is -0.493. The quantitative estimate of drug-likeness (QED) is 0.782. The monoisotopic (exact) mass is 325 g/mol. The number of aryl methyl sites for hydroxylation is 1. The largest absolute Gasteiger partial charge is 0.445 e. The fourth-order valence-corrected chi connectivity index (χ4v) is 2.62. The van der Waals surface area contributed by atoms with E-state index in [1.807, 2.05) is 54.6 Å². The highest BCUT2D eigenvalue weighted by Gasteiger charge is 2.10. The number of carbonyl (C=O) groups is 1. The van der Waals surface area contributed by atoms with Crippen LogP contribution in [-0.2, 0) is 24.9 Å². The number of alkyl carbamates (subject to hydrolysis) is 1. The Balaban J connectivity index is 1.56. The van der Waals surface area contributed by atoms with Crippen LogP contribution in [0.2, 0.25) is 0 Å². The number of hydrogen-bond donors (Lipinski definition) is 1. The lowest BCUT2D eigenvalue weighted by molar-refractivity contribution is 0.139. The number of hydrogen-bond acceptors (Lipinski definition) is 3. The zero-order valence-corrected chi connectivity index (χ0v) is 13.4. The number of nitrogens with zero attached hydrogens (tertiary/aromatic N) is 2. The lowest BCUT2D eigenvalue weighted by atomic mass is 10.2. The van der Waals surface area contributed by atoms with Gasteiger partial charge >= 0.3 is 11.8 Å². The van der Waals surface area contributed by atoms with E-state index in [2.05, 4.69) is 5.32 Å². The number of aromatic nitrogens is 2. The Labute approximate surface area is 139 Å². The summed E-state index contributed by atoms with van der Waals surface area (Å²) in [6, 6.07) is 17.1. The summed E-state index contributed by atoms with van der Waals surface area (Å²) < 4.78 is 8.39. The molecule has 0 bridgehead atoms. The first-order valence-corrected chi connectivity index (χ1v) is 7.75. The molecule has 0 unspecified atom stereocenters. The highest BCUT2D eigenvalue weighted by Crippen LogP contribution is 2.10. The minimum Gasteiger partial charge on any atom is -0.445 e. The number of fused-ring (bicyclic) bond motifs is 1. The highest BCUT2D eigenvalue weighted by molar-refractivity contribution is 5.75. The Morgan fingerprint density at radius 3 is 2.46 bits per heavy atom. The fourth-order valence-electron chi connectivity index (χ4n) is 2.62. The molecular formula is C18H19N3O3. The van der Waals surface area contributed by atoms with Crippen LogP contribution in [0.4, 0.5) is 4.79 Å². The van der Waals surface area contributed by atoms with E-state index in [4.69, 9.17) is 4.74 Å². The van der Waals surface area contributed by atoms with Crippen LogP contribution in [0.1, 0.15) is 5.56 Å². The van der Waals surface area contributed by atoms with Gasteiger partial charge in [-0.1, -0.05) is 42.5 Å². The predicted octanol–water partition coefficient (Wildman–Crippen LogP) is 2.27. The number of ether oxygens (including phenoxy) is 1. The third kappa shape index (κ3) is 3.32. The van der Waals surface area contributed by atoms with Crippen molar-refractivity contribution in [3.05, 3.63) is 70.6 Å². The molecule has 0 saturated carbocycles. The maximum absolute atomic E-state index is 12.3. The summed E-state index contributed by atoms with van der Waals surface area (Å²) in [7, 11) is 1.74. The van der Waals surface area contributed by atoms with E-state index in [1.54, 1.807) is 16.2 Å². The van der Waals surface area contributed by atoms with Crippen LogP contribution < -0.4 is 11.0 Å². The van der Waals surface area contributed by atoms with Crippen molar-refractivity contribution >= 4 is 17.1 Å². The van der Waals surface area contributed by atoms with Crippen molar-refractivity contribution in [2.24, 2.45) is 7.05 Å². The van der Waals surface area contributed by atoms with Gasteiger partial charge in [0.15, 0.2) is 0 Å². The summed E-state index contributed by atoms with van der Waals surface area (Å²) in [5.74, 6) is 0. The minimum absolute atomic E-state index is 0.101. The molecule has 0 aliphatic rings. The maximum atomic E-state index is 12.3. The molecule has 3 rings (SSSR count). The van der Waals surface area contributed by atoms with Gasteiger partial charge in [0.2, 0.25) is 0 Å². The first-order valence-electron chi connectivity index (χ1n) is 7.75. The molecule has 0 spiro atoms. The molecule has 6 heteroatoms. The maximum Gasteiger partial charge on any atom is 0.407 e. The standard InChI is InChI=1S/C18H19N3O3/c1-20-15-9-5-6-10-16(15)21(18(20)23)12-11-19-17(22)24-13-14-7-3-2-4-8-14/h2-10H,11-13H2,1H3,(H,19,22). The van der Waals surface area contributed by atoms with Crippen molar-refractivity contribution in [1.29, 1.82) is 0 Å².